The van der Waals surface area contributed by atoms with Gasteiger partial charge in [0, 0.05) is 12.4 Å². The Morgan fingerprint density at radius 1 is 1.14 bits per heavy atom. The molecule has 0 atom stereocenters. The molecule has 5 nitrogen and oxygen atoms in total. The Bertz CT molecular complexity index is 729. The van der Waals surface area contributed by atoms with Crippen molar-refractivity contribution in [3.63, 3.8) is 0 Å². The lowest BCUT2D eigenvalue weighted by Gasteiger charge is -2.07. The summed E-state index contributed by atoms with van der Waals surface area (Å²) in [5.41, 5.74) is 0.758. The second-order valence-corrected chi connectivity index (χ2v) is 4.21. The first-order valence-electron chi connectivity index (χ1n) is 6.10. The molecule has 0 aliphatic heterocycles. The van der Waals surface area contributed by atoms with Gasteiger partial charge in [0.05, 0.1) is 6.20 Å². The van der Waals surface area contributed by atoms with Crippen LogP contribution in [-0.4, -0.2) is 19.5 Å². The van der Waals surface area contributed by atoms with Crippen molar-refractivity contribution in [2.24, 2.45) is 0 Å². The van der Waals surface area contributed by atoms with Crippen LogP contribution in [0.15, 0.2) is 49.2 Å². The van der Waals surface area contributed by atoms with Crippen LogP contribution in [0.4, 0.5) is 8.78 Å². The lowest BCUT2D eigenvalue weighted by molar-refractivity contribution is 0.278. The summed E-state index contributed by atoms with van der Waals surface area (Å²) in [6.45, 7) is 0.162. The Labute approximate surface area is 118 Å². The normalized spacial score (nSPS) is 10.6. The largest absolute Gasteiger partial charge is 0.459 e. The number of ether oxygens (including phenoxy) is 1. The van der Waals surface area contributed by atoms with Gasteiger partial charge in [-0.2, -0.15) is 4.98 Å². The highest BCUT2D eigenvalue weighted by Crippen LogP contribution is 2.14. The summed E-state index contributed by atoms with van der Waals surface area (Å²) in [5.74, 6) is -0.849. The summed E-state index contributed by atoms with van der Waals surface area (Å²) in [5, 5.41) is 0. The van der Waals surface area contributed by atoms with Gasteiger partial charge in [-0.3, -0.25) is 4.57 Å². The van der Waals surface area contributed by atoms with Crippen LogP contribution in [0.1, 0.15) is 5.56 Å². The fourth-order valence-corrected chi connectivity index (χ4v) is 1.71. The minimum Gasteiger partial charge on any atom is -0.459 e. The third kappa shape index (κ3) is 3.02. The number of benzene rings is 1. The number of rotatable bonds is 4. The van der Waals surface area contributed by atoms with Gasteiger partial charge in [0.2, 0.25) is 0 Å². The smallest absolute Gasteiger partial charge is 0.318 e. The summed E-state index contributed by atoms with van der Waals surface area (Å²) in [6.07, 6.45) is 5.53. The lowest BCUT2D eigenvalue weighted by atomic mass is 10.2. The van der Waals surface area contributed by atoms with Crippen molar-refractivity contribution in [1.82, 2.24) is 19.5 Å². The molecule has 106 valence electrons. The molecule has 0 spiro atoms. The number of imidazole rings is 1. The second-order valence-electron chi connectivity index (χ2n) is 4.21. The number of aromatic nitrogens is 4. The van der Waals surface area contributed by atoms with Crippen LogP contribution in [0.3, 0.4) is 0 Å². The average Bonchev–Trinajstić information content (AvgIpc) is 3.02. The van der Waals surface area contributed by atoms with Gasteiger partial charge in [0.1, 0.15) is 18.8 Å². The Morgan fingerprint density at radius 2 is 1.95 bits per heavy atom. The monoisotopic (exact) mass is 288 g/mol. The molecule has 3 aromatic rings. The van der Waals surface area contributed by atoms with Gasteiger partial charge < -0.3 is 4.74 Å². The second kappa shape index (κ2) is 5.66. The molecule has 0 aliphatic rings. The summed E-state index contributed by atoms with van der Waals surface area (Å²) in [4.78, 5) is 11.6. The highest BCUT2D eigenvalue weighted by molar-refractivity contribution is 5.24. The first-order chi connectivity index (χ1) is 10.2. The maximum absolute atomic E-state index is 13.7. The van der Waals surface area contributed by atoms with E-state index in [4.69, 9.17) is 4.74 Å². The van der Waals surface area contributed by atoms with Gasteiger partial charge in [-0.05, 0) is 17.7 Å². The molecular weight excluding hydrogens is 278 g/mol. The third-order valence-electron chi connectivity index (χ3n) is 2.73. The Hall–Kier alpha value is -2.83. The summed E-state index contributed by atoms with van der Waals surface area (Å²) >= 11 is 0. The van der Waals surface area contributed by atoms with Crippen LogP contribution < -0.4 is 4.74 Å². The molecule has 0 saturated heterocycles. The van der Waals surface area contributed by atoms with Crippen LogP contribution in [0.5, 0.6) is 6.01 Å². The number of nitrogens with zero attached hydrogens (tertiary/aromatic N) is 4. The molecule has 0 saturated carbocycles. The Morgan fingerprint density at radius 3 is 2.67 bits per heavy atom. The van der Waals surface area contributed by atoms with Crippen molar-refractivity contribution >= 4 is 0 Å². The first-order valence-corrected chi connectivity index (χ1v) is 6.10. The zero-order valence-corrected chi connectivity index (χ0v) is 10.8. The van der Waals surface area contributed by atoms with E-state index in [1.807, 2.05) is 0 Å². The Kier molecular flexibility index (Phi) is 3.55. The van der Waals surface area contributed by atoms with Crippen molar-refractivity contribution in [3.8, 4) is 11.8 Å². The molecule has 0 unspecified atom stereocenters. The van der Waals surface area contributed by atoms with Crippen LogP contribution in [0, 0.1) is 11.6 Å². The standard InChI is InChI=1S/C14H10F2N4O/c15-11-3-1-10(2-4-11)8-21-14-18-7-12(16)13(19-14)20-6-5-17-9-20/h1-7,9H,8H2. The molecule has 0 bridgehead atoms. The maximum Gasteiger partial charge on any atom is 0.318 e. The van der Waals surface area contributed by atoms with Crippen molar-refractivity contribution in [3.05, 3.63) is 66.4 Å². The molecule has 3 rings (SSSR count). The van der Waals surface area contributed by atoms with E-state index in [-0.39, 0.29) is 24.3 Å². The zero-order valence-electron chi connectivity index (χ0n) is 10.8. The van der Waals surface area contributed by atoms with Gasteiger partial charge in [0.15, 0.2) is 11.6 Å². The van der Waals surface area contributed by atoms with Crippen LogP contribution in [-0.2, 0) is 6.61 Å². The van der Waals surface area contributed by atoms with E-state index in [1.54, 1.807) is 18.3 Å². The fraction of sp³-hybridized carbons (Fsp3) is 0.0714. The van der Waals surface area contributed by atoms with Crippen molar-refractivity contribution in [1.29, 1.82) is 0 Å². The van der Waals surface area contributed by atoms with E-state index in [0.717, 1.165) is 11.8 Å². The highest BCUT2D eigenvalue weighted by Gasteiger charge is 2.09. The van der Waals surface area contributed by atoms with Crippen molar-refractivity contribution in [2.75, 3.05) is 0 Å². The Balaban J connectivity index is 1.77. The quantitative estimate of drug-likeness (QED) is 0.740. The predicted octanol–water partition coefficient (Wildman–Crippen LogP) is 2.52. The van der Waals surface area contributed by atoms with E-state index >= 15 is 0 Å². The van der Waals surface area contributed by atoms with Gasteiger partial charge in [-0.25, -0.2) is 18.7 Å². The van der Waals surface area contributed by atoms with Crippen LogP contribution >= 0.6 is 0 Å². The third-order valence-corrected chi connectivity index (χ3v) is 2.73. The van der Waals surface area contributed by atoms with Gasteiger partial charge in [-0.1, -0.05) is 12.1 Å². The lowest BCUT2D eigenvalue weighted by Crippen LogP contribution is -2.05. The van der Waals surface area contributed by atoms with Crippen LogP contribution in [0.25, 0.3) is 5.82 Å². The number of hydrogen-bond donors (Lipinski definition) is 0. The molecule has 7 heteroatoms. The van der Waals surface area contributed by atoms with Gasteiger partial charge in [-0.15, -0.1) is 0 Å². The van der Waals surface area contributed by atoms with Gasteiger partial charge >= 0.3 is 6.01 Å². The fourth-order valence-electron chi connectivity index (χ4n) is 1.71. The van der Waals surface area contributed by atoms with E-state index in [9.17, 15) is 8.78 Å². The zero-order chi connectivity index (χ0) is 14.7. The highest BCUT2D eigenvalue weighted by atomic mass is 19.1. The summed E-state index contributed by atoms with van der Waals surface area (Å²) in [6, 6.07) is 5.89. The molecule has 0 fully saturated rings. The molecule has 0 radical (unpaired) electrons. The maximum atomic E-state index is 13.7. The molecule has 21 heavy (non-hydrogen) atoms. The van der Waals surface area contributed by atoms with E-state index in [1.165, 1.54) is 29.2 Å². The van der Waals surface area contributed by atoms with E-state index in [2.05, 4.69) is 15.0 Å². The molecule has 0 aliphatic carbocycles. The molecule has 1 aromatic carbocycles. The summed E-state index contributed by atoms with van der Waals surface area (Å²) in [7, 11) is 0. The van der Waals surface area contributed by atoms with Crippen molar-refractivity contribution in [2.45, 2.75) is 6.61 Å². The molecule has 0 N–H and O–H groups in total. The minimum atomic E-state index is -0.581. The average molecular weight is 288 g/mol. The van der Waals surface area contributed by atoms with Crippen molar-refractivity contribution < 1.29 is 13.5 Å². The van der Waals surface area contributed by atoms with E-state index in [0.29, 0.717) is 0 Å². The minimum absolute atomic E-state index is 0.0319. The SMILES string of the molecule is Fc1ccc(COc2ncc(F)c(-n3ccnc3)n2)cc1. The molecular formula is C14H10F2N4O. The molecule has 0 amide bonds. The summed E-state index contributed by atoms with van der Waals surface area (Å²) < 4.78 is 33.3. The number of halogens is 2. The van der Waals surface area contributed by atoms with E-state index < -0.39 is 5.82 Å². The topological polar surface area (TPSA) is 52.8 Å². The van der Waals surface area contributed by atoms with Gasteiger partial charge in [0.25, 0.3) is 0 Å². The first kappa shape index (κ1) is 13.2. The predicted molar refractivity (Wildman–Crippen MR) is 69.8 cm³/mol. The van der Waals surface area contributed by atoms with Crippen LogP contribution in [0.2, 0.25) is 0 Å². The molecule has 2 aromatic heterocycles. The number of hydrogen-bond acceptors (Lipinski definition) is 4. The molecule has 2 heterocycles.